The molecule has 3 aromatic rings. The first-order chi connectivity index (χ1) is 15.0. The molecule has 1 atom stereocenters. The van der Waals surface area contributed by atoms with Crippen LogP contribution in [0.5, 0.6) is 0 Å². The maximum Gasteiger partial charge on any atom is 0.433 e. The number of rotatable bonds is 4. The van der Waals surface area contributed by atoms with Gasteiger partial charge in [-0.15, -0.1) is 0 Å². The lowest BCUT2D eigenvalue weighted by atomic mass is 9.98. The van der Waals surface area contributed by atoms with Gasteiger partial charge in [-0.1, -0.05) is 23.4 Å². The predicted octanol–water partition coefficient (Wildman–Crippen LogP) is 1.97. The van der Waals surface area contributed by atoms with Crippen LogP contribution in [-0.2, 0) is 16.6 Å². The number of primary amides is 1. The number of carbonyl (C=O) groups excluding carboxylic acids is 2. The Kier molecular flexibility index (Phi) is 4.96. The van der Waals surface area contributed by atoms with Crippen LogP contribution < -0.4 is 5.73 Å². The number of benzene rings is 1. The fourth-order valence-corrected chi connectivity index (χ4v) is 3.35. The first-order valence-corrected chi connectivity index (χ1v) is 9.31. The van der Waals surface area contributed by atoms with E-state index in [4.69, 9.17) is 10.3 Å². The molecule has 1 fully saturated rings. The van der Waals surface area contributed by atoms with Crippen molar-refractivity contribution >= 4 is 11.8 Å². The molecule has 2 amide bonds. The van der Waals surface area contributed by atoms with E-state index in [1.54, 1.807) is 13.1 Å². The van der Waals surface area contributed by atoms with Crippen LogP contribution in [0.3, 0.4) is 0 Å². The Labute approximate surface area is 178 Å². The fourth-order valence-electron chi connectivity index (χ4n) is 3.35. The number of aliphatic hydroxyl groups is 1. The van der Waals surface area contributed by atoms with Gasteiger partial charge >= 0.3 is 6.18 Å². The van der Waals surface area contributed by atoms with E-state index in [-0.39, 0.29) is 29.3 Å². The maximum absolute atomic E-state index is 13.2. The predicted molar refractivity (Wildman–Crippen MR) is 103 cm³/mol. The number of nitrogens with two attached hydrogens (primary N) is 1. The normalized spacial score (nSPS) is 18.9. The van der Waals surface area contributed by atoms with Crippen LogP contribution in [0.4, 0.5) is 13.2 Å². The molecule has 1 aliphatic heterocycles. The van der Waals surface area contributed by atoms with Gasteiger partial charge in [-0.3, -0.25) is 9.59 Å². The quantitative estimate of drug-likeness (QED) is 0.624. The minimum atomic E-state index is -4.81. The summed E-state index contributed by atoms with van der Waals surface area (Å²) in [7, 11) is 1.55. The summed E-state index contributed by atoms with van der Waals surface area (Å²) in [5.74, 6) is -2.05. The highest BCUT2D eigenvalue weighted by Gasteiger charge is 2.48. The van der Waals surface area contributed by atoms with E-state index in [2.05, 4.69) is 15.1 Å². The van der Waals surface area contributed by atoms with Crippen LogP contribution in [0.15, 0.2) is 40.9 Å². The molecule has 0 bridgehead atoms. The second kappa shape index (κ2) is 7.41. The van der Waals surface area contributed by atoms with Crippen LogP contribution >= 0.6 is 0 Å². The van der Waals surface area contributed by atoms with Gasteiger partial charge in [0.05, 0.1) is 0 Å². The second-order valence-corrected chi connectivity index (χ2v) is 7.32. The summed E-state index contributed by atoms with van der Waals surface area (Å²) in [5, 5.41) is 14.6. The van der Waals surface area contributed by atoms with E-state index < -0.39 is 35.0 Å². The van der Waals surface area contributed by atoms with E-state index in [1.165, 1.54) is 29.2 Å². The zero-order valence-electron chi connectivity index (χ0n) is 16.6. The smallest absolute Gasteiger partial charge is 0.373 e. The van der Waals surface area contributed by atoms with Crippen molar-refractivity contribution in [2.75, 3.05) is 13.6 Å². The number of nitrogens with zero attached hydrogens (tertiary/aromatic N) is 4. The van der Waals surface area contributed by atoms with Crippen molar-refractivity contribution in [2.24, 2.45) is 5.73 Å². The van der Waals surface area contributed by atoms with Gasteiger partial charge in [0, 0.05) is 43.3 Å². The van der Waals surface area contributed by atoms with Gasteiger partial charge in [0.25, 0.3) is 11.8 Å². The van der Waals surface area contributed by atoms with E-state index >= 15 is 0 Å². The molecule has 12 heteroatoms. The first-order valence-electron chi connectivity index (χ1n) is 9.31. The van der Waals surface area contributed by atoms with Crippen LogP contribution in [0.2, 0.25) is 0 Å². The summed E-state index contributed by atoms with van der Waals surface area (Å²) in [6, 6.07) is 7.88. The summed E-state index contributed by atoms with van der Waals surface area (Å²) in [5.41, 5.74) is 2.19. The molecule has 3 heterocycles. The number of halogens is 3. The van der Waals surface area contributed by atoms with Crippen molar-refractivity contribution in [2.45, 2.75) is 18.2 Å². The van der Waals surface area contributed by atoms with Crippen molar-refractivity contribution in [1.82, 2.24) is 20.0 Å². The standard InChI is InChI=1S/C20H16F3N5O4/c1-28-6-5-19(31,18(28)30)15-9-12(27-32-15)10-3-2-4-11(7-10)17-25-13(16(24)29)8-14(26-17)20(21,22)23/h2-4,7-9,31H,5-6H2,1H3,(H2,24,29)/t19-/m1/s1. The summed E-state index contributed by atoms with van der Waals surface area (Å²) in [4.78, 5) is 32.4. The number of hydrogen-bond acceptors (Lipinski definition) is 7. The number of amides is 2. The molecule has 166 valence electrons. The Morgan fingerprint density at radius 2 is 1.94 bits per heavy atom. The molecule has 0 radical (unpaired) electrons. The highest BCUT2D eigenvalue weighted by Crippen LogP contribution is 2.35. The molecule has 9 nitrogen and oxygen atoms in total. The van der Waals surface area contributed by atoms with Crippen molar-refractivity contribution in [3.63, 3.8) is 0 Å². The molecule has 0 unspecified atom stereocenters. The van der Waals surface area contributed by atoms with Crippen LogP contribution in [-0.4, -0.2) is 50.5 Å². The molecule has 1 aliphatic rings. The lowest BCUT2D eigenvalue weighted by Crippen LogP contribution is -2.35. The van der Waals surface area contributed by atoms with Crippen molar-refractivity contribution in [3.8, 4) is 22.6 Å². The average molecular weight is 447 g/mol. The number of hydrogen-bond donors (Lipinski definition) is 2. The van der Waals surface area contributed by atoms with E-state index in [0.717, 1.165) is 0 Å². The topological polar surface area (TPSA) is 135 Å². The van der Waals surface area contributed by atoms with E-state index in [9.17, 15) is 27.9 Å². The van der Waals surface area contributed by atoms with Gasteiger partial charge in [0.1, 0.15) is 17.1 Å². The van der Waals surface area contributed by atoms with E-state index in [1.807, 2.05) is 0 Å². The van der Waals surface area contributed by atoms with Gasteiger partial charge in [-0.25, -0.2) is 9.97 Å². The molecule has 3 N–H and O–H groups in total. The number of likely N-dealkylation sites (tertiary alicyclic amines) is 1. The third-order valence-electron chi connectivity index (χ3n) is 5.11. The van der Waals surface area contributed by atoms with Gasteiger partial charge in [0.15, 0.2) is 11.6 Å². The van der Waals surface area contributed by atoms with Crippen molar-refractivity contribution in [3.05, 3.63) is 53.5 Å². The zero-order valence-corrected chi connectivity index (χ0v) is 16.6. The molecule has 1 aromatic carbocycles. The average Bonchev–Trinajstić information content (AvgIpc) is 3.35. The highest BCUT2D eigenvalue weighted by molar-refractivity contribution is 5.91. The number of likely N-dealkylation sites (N-methyl/N-ethyl adjacent to an activating group) is 1. The molecule has 1 saturated heterocycles. The third kappa shape index (κ3) is 3.68. The molecule has 4 rings (SSSR count). The summed E-state index contributed by atoms with van der Waals surface area (Å²) in [6.07, 6.45) is -4.68. The molecule has 0 aliphatic carbocycles. The summed E-state index contributed by atoms with van der Waals surface area (Å²) < 4.78 is 44.8. The lowest BCUT2D eigenvalue weighted by Gasteiger charge is -2.16. The van der Waals surface area contributed by atoms with Gasteiger partial charge in [-0.05, 0) is 6.07 Å². The molecule has 0 saturated carbocycles. The number of aromatic nitrogens is 3. The largest absolute Gasteiger partial charge is 0.433 e. The van der Waals surface area contributed by atoms with Crippen LogP contribution in [0.1, 0.15) is 28.4 Å². The Morgan fingerprint density at radius 3 is 2.56 bits per heavy atom. The third-order valence-corrected chi connectivity index (χ3v) is 5.11. The SMILES string of the molecule is CN1CC[C@@](O)(c2cc(-c3cccc(-c4nc(C(N)=O)cc(C(F)(F)F)n4)c3)no2)C1=O. The van der Waals surface area contributed by atoms with E-state index in [0.29, 0.717) is 18.2 Å². The number of carbonyl (C=O) groups is 2. The Bertz CT molecular complexity index is 1230. The maximum atomic E-state index is 13.2. The van der Waals surface area contributed by atoms with Gasteiger partial charge in [0.2, 0.25) is 5.60 Å². The fraction of sp³-hybridized carbons (Fsp3) is 0.250. The zero-order chi connectivity index (χ0) is 23.3. The summed E-state index contributed by atoms with van der Waals surface area (Å²) >= 11 is 0. The highest BCUT2D eigenvalue weighted by atomic mass is 19.4. The van der Waals surface area contributed by atoms with Gasteiger partial charge < -0.3 is 20.3 Å². The first kappa shape index (κ1) is 21.4. The molecule has 2 aromatic heterocycles. The minimum Gasteiger partial charge on any atom is -0.373 e. The lowest BCUT2D eigenvalue weighted by molar-refractivity contribution is -0.144. The Hall–Kier alpha value is -3.80. The Balaban J connectivity index is 1.73. The second-order valence-electron chi connectivity index (χ2n) is 7.32. The van der Waals surface area contributed by atoms with Crippen molar-refractivity contribution < 1.29 is 32.4 Å². The van der Waals surface area contributed by atoms with Crippen LogP contribution in [0.25, 0.3) is 22.6 Å². The minimum absolute atomic E-state index is 0.0430. The van der Waals surface area contributed by atoms with Crippen LogP contribution in [0, 0.1) is 0 Å². The summed E-state index contributed by atoms with van der Waals surface area (Å²) in [6.45, 7) is 0.343. The molecular formula is C20H16F3N5O4. The number of alkyl halides is 3. The molecular weight excluding hydrogens is 431 g/mol. The monoisotopic (exact) mass is 447 g/mol. The molecule has 32 heavy (non-hydrogen) atoms. The Morgan fingerprint density at radius 1 is 1.22 bits per heavy atom. The van der Waals surface area contributed by atoms with Crippen molar-refractivity contribution in [1.29, 1.82) is 0 Å². The van der Waals surface area contributed by atoms with Gasteiger partial charge in [-0.2, -0.15) is 13.2 Å². The molecule has 0 spiro atoms.